The van der Waals surface area contributed by atoms with Crippen LogP contribution in [0.5, 0.6) is 0 Å². The average Bonchev–Trinajstić information content (AvgIpc) is 2.91. The van der Waals surface area contributed by atoms with Crippen LogP contribution in [0, 0.1) is 11.3 Å². The zero-order valence-corrected chi connectivity index (χ0v) is 18.3. The minimum Gasteiger partial charge on any atom is -0.497 e. The molecular weight excluding hydrogens is 378 g/mol. The monoisotopic (exact) mass is 407 g/mol. The molecule has 1 aliphatic rings. The first-order chi connectivity index (χ1) is 14.6. The highest BCUT2D eigenvalue weighted by Crippen LogP contribution is 2.24. The van der Waals surface area contributed by atoms with Crippen LogP contribution in [-0.2, 0) is 16.0 Å². The quantitative estimate of drug-likeness (QED) is 0.808. The van der Waals surface area contributed by atoms with E-state index in [9.17, 15) is 10.1 Å². The number of nitrogens with one attached hydrogen (secondary N) is 1. The van der Waals surface area contributed by atoms with Crippen molar-refractivity contribution in [1.82, 2.24) is 4.57 Å². The number of nitriles is 1. The number of nitrogens with zero attached hydrogens (tertiary/aromatic N) is 2. The van der Waals surface area contributed by atoms with E-state index < -0.39 is 6.09 Å². The third-order valence-electron chi connectivity index (χ3n) is 4.61. The van der Waals surface area contributed by atoms with E-state index in [1.807, 2.05) is 38.1 Å². The standard InChI is InChI=1S/C22H23N3O3.C2H6/c1-4-25-20-13-17(27-3)7-6-8-18(20)19(14-23)21(25)15-9-11-16(12-10-15)24-22(26)28-5-2;1-2/h7-13H,4-6H2,1-3H3,(H,24,26);1-2H3. The van der Waals surface area contributed by atoms with E-state index in [2.05, 4.69) is 29.0 Å². The zero-order chi connectivity index (χ0) is 22.1. The average molecular weight is 408 g/mol. The molecule has 1 N–H and O–H groups in total. The van der Waals surface area contributed by atoms with E-state index >= 15 is 0 Å². The summed E-state index contributed by atoms with van der Waals surface area (Å²) in [6.07, 6.45) is 6.25. The molecule has 0 saturated heterocycles. The number of fused-ring (bicyclic) bond motifs is 1. The van der Waals surface area contributed by atoms with Crippen molar-refractivity contribution in [2.45, 2.75) is 40.7 Å². The lowest BCUT2D eigenvalue weighted by atomic mass is 10.1. The van der Waals surface area contributed by atoms with Gasteiger partial charge in [0.2, 0.25) is 0 Å². The normalized spacial score (nSPS) is 11.8. The molecule has 0 atom stereocenters. The van der Waals surface area contributed by atoms with Gasteiger partial charge in [-0.15, -0.1) is 0 Å². The summed E-state index contributed by atoms with van der Waals surface area (Å²) in [7, 11) is 1.65. The van der Waals surface area contributed by atoms with Gasteiger partial charge in [-0.1, -0.05) is 32.1 Å². The second-order valence-corrected chi connectivity index (χ2v) is 6.20. The summed E-state index contributed by atoms with van der Waals surface area (Å²) in [4.78, 5) is 11.6. The Balaban J connectivity index is 0.00000155. The molecule has 0 unspecified atom stereocenters. The fourth-order valence-electron chi connectivity index (χ4n) is 3.39. The minimum absolute atomic E-state index is 0.315. The van der Waals surface area contributed by atoms with E-state index in [4.69, 9.17) is 9.47 Å². The van der Waals surface area contributed by atoms with Gasteiger partial charge in [0.15, 0.2) is 0 Å². The number of aromatic nitrogens is 1. The summed E-state index contributed by atoms with van der Waals surface area (Å²) >= 11 is 0. The lowest BCUT2D eigenvalue weighted by Gasteiger charge is -2.10. The molecule has 1 amide bonds. The highest BCUT2D eigenvalue weighted by atomic mass is 16.5. The summed E-state index contributed by atoms with van der Waals surface area (Å²) < 4.78 is 12.4. The lowest BCUT2D eigenvalue weighted by molar-refractivity contribution is 0.168. The molecule has 1 aliphatic carbocycles. The molecule has 1 aromatic carbocycles. The summed E-state index contributed by atoms with van der Waals surface area (Å²) in [5, 5.41) is 14.4. The number of anilines is 1. The largest absolute Gasteiger partial charge is 0.497 e. The smallest absolute Gasteiger partial charge is 0.411 e. The Morgan fingerprint density at radius 1 is 1.20 bits per heavy atom. The molecule has 3 rings (SSSR count). The van der Waals surface area contributed by atoms with Crippen molar-refractivity contribution in [3.05, 3.63) is 52.2 Å². The van der Waals surface area contributed by atoms with Gasteiger partial charge < -0.3 is 14.0 Å². The van der Waals surface area contributed by atoms with Crippen LogP contribution in [0.25, 0.3) is 23.4 Å². The van der Waals surface area contributed by atoms with Crippen LogP contribution >= 0.6 is 0 Å². The molecule has 6 heteroatoms. The first-order valence-corrected chi connectivity index (χ1v) is 10.3. The van der Waals surface area contributed by atoms with Crippen LogP contribution in [0.15, 0.2) is 36.1 Å². The van der Waals surface area contributed by atoms with Crippen LogP contribution in [0.4, 0.5) is 10.5 Å². The number of benzene rings is 1. The second kappa shape index (κ2) is 10.9. The van der Waals surface area contributed by atoms with Gasteiger partial charge in [0, 0.05) is 23.5 Å². The number of ether oxygens (including phenoxy) is 2. The first kappa shape index (κ1) is 22.8. The molecule has 0 radical (unpaired) electrons. The fraction of sp³-hybridized carbons (Fsp3) is 0.333. The van der Waals surface area contributed by atoms with Gasteiger partial charge in [-0.25, -0.2) is 4.79 Å². The van der Waals surface area contributed by atoms with E-state index in [1.54, 1.807) is 26.2 Å². The molecule has 0 fully saturated rings. The Bertz CT molecular complexity index is 1070. The highest BCUT2D eigenvalue weighted by Gasteiger charge is 2.17. The van der Waals surface area contributed by atoms with Gasteiger partial charge in [-0.3, -0.25) is 5.32 Å². The Labute approximate surface area is 177 Å². The van der Waals surface area contributed by atoms with Crippen molar-refractivity contribution in [3.8, 4) is 17.3 Å². The van der Waals surface area contributed by atoms with Gasteiger partial charge in [0.1, 0.15) is 11.8 Å². The topological polar surface area (TPSA) is 76.3 Å². The van der Waals surface area contributed by atoms with Crippen molar-refractivity contribution in [2.24, 2.45) is 0 Å². The Kier molecular flexibility index (Phi) is 8.30. The predicted octanol–water partition coefficient (Wildman–Crippen LogP) is 4.14. The Morgan fingerprint density at radius 2 is 1.90 bits per heavy atom. The molecule has 1 heterocycles. The summed E-state index contributed by atoms with van der Waals surface area (Å²) in [6.45, 7) is 8.84. The maximum absolute atomic E-state index is 11.6. The molecule has 0 bridgehead atoms. The molecule has 30 heavy (non-hydrogen) atoms. The Hall–Kier alpha value is -3.46. The molecular formula is C24H29N3O3. The number of carbonyl (C=O) groups excluding carboxylic acids is 1. The maximum Gasteiger partial charge on any atom is 0.411 e. The van der Waals surface area contributed by atoms with Crippen LogP contribution in [-0.4, -0.2) is 24.4 Å². The van der Waals surface area contributed by atoms with Gasteiger partial charge in [-0.2, -0.15) is 5.26 Å². The van der Waals surface area contributed by atoms with Crippen LogP contribution in [0.3, 0.4) is 0 Å². The molecule has 2 aromatic rings. The van der Waals surface area contributed by atoms with Gasteiger partial charge in [0.25, 0.3) is 0 Å². The summed E-state index contributed by atoms with van der Waals surface area (Å²) in [5.74, 6) is 0.784. The van der Waals surface area contributed by atoms with E-state index in [0.717, 1.165) is 27.6 Å². The van der Waals surface area contributed by atoms with Gasteiger partial charge in [-0.05, 0) is 44.0 Å². The highest BCUT2D eigenvalue weighted by molar-refractivity contribution is 5.85. The number of hydrogen-bond acceptors (Lipinski definition) is 4. The fourth-order valence-corrected chi connectivity index (χ4v) is 3.39. The molecule has 0 spiro atoms. The van der Waals surface area contributed by atoms with Gasteiger partial charge >= 0.3 is 6.09 Å². The third-order valence-corrected chi connectivity index (χ3v) is 4.61. The number of carbonyl (C=O) groups is 1. The third kappa shape index (κ3) is 4.74. The molecule has 0 aliphatic heterocycles. The van der Waals surface area contributed by atoms with E-state index in [-0.39, 0.29) is 0 Å². The van der Waals surface area contributed by atoms with Crippen molar-refractivity contribution in [3.63, 3.8) is 0 Å². The molecule has 6 nitrogen and oxygen atoms in total. The second-order valence-electron chi connectivity index (χ2n) is 6.20. The molecule has 158 valence electrons. The summed E-state index contributed by atoms with van der Waals surface area (Å²) in [5.41, 5.74) is 3.05. The van der Waals surface area contributed by atoms with Crippen molar-refractivity contribution >= 4 is 23.9 Å². The minimum atomic E-state index is -0.486. The molecule has 1 aromatic heterocycles. The van der Waals surface area contributed by atoms with E-state index in [1.165, 1.54) is 0 Å². The van der Waals surface area contributed by atoms with Crippen LogP contribution < -0.4 is 15.9 Å². The predicted molar refractivity (Wildman–Crippen MR) is 120 cm³/mol. The number of hydrogen-bond donors (Lipinski definition) is 1. The van der Waals surface area contributed by atoms with Crippen LogP contribution in [0.1, 0.15) is 39.7 Å². The maximum atomic E-state index is 11.6. The number of rotatable bonds is 5. The first-order valence-electron chi connectivity index (χ1n) is 10.3. The SMILES string of the molecule is CC.CCOC(=O)Nc1ccc(-c2c(C#N)c3c(n2CC)=CC(OC)=CCC=3)cc1. The van der Waals surface area contributed by atoms with Crippen molar-refractivity contribution in [2.75, 3.05) is 19.0 Å². The zero-order valence-electron chi connectivity index (χ0n) is 18.3. The van der Waals surface area contributed by atoms with Crippen molar-refractivity contribution in [1.29, 1.82) is 5.26 Å². The van der Waals surface area contributed by atoms with E-state index in [0.29, 0.717) is 30.8 Å². The number of allylic oxidation sites excluding steroid dienone is 2. The van der Waals surface area contributed by atoms with Crippen LogP contribution in [0.2, 0.25) is 0 Å². The number of amides is 1. The van der Waals surface area contributed by atoms with Gasteiger partial charge in [0.05, 0.1) is 30.3 Å². The molecule has 0 saturated carbocycles. The summed E-state index contributed by atoms with van der Waals surface area (Å²) in [6, 6.07) is 9.78. The van der Waals surface area contributed by atoms with Crippen molar-refractivity contribution < 1.29 is 14.3 Å². The lowest BCUT2D eigenvalue weighted by Crippen LogP contribution is -2.29. The Morgan fingerprint density at radius 3 is 2.47 bits per heavy atom. The number of methoxy groups -OCH3 is 1.